The third-order valence-electron chi connectivity index (χ3n) is 4.16. The van der Waals surface area contributed by atoms with E-state index in [1.54, 1.807) is 41.3 Å². The van der Waals surface area contributed by atoms with Crippen LogP contribution in [0.1, 0.15) is 26.3 Å². The van der Waals surface area contributed by atoms with Gasteiger partial charge < -0.3 is 20.7 Å². The van der Waals surface area contributed by atoms with E-state index in [9.17, 15) is 9.59 Å². The second-order valence-corrected chi connectivity index (χ2v) is 5.81. The van der Waals surface area contributed by atoms with Crippen molar-refractivity contribution in [2.45, 2.75) is 6.54 Å². The van der Waals surface area contributed by atoms with E-state index in [1.165, 1.54) is 0 Å². The van der Waals surface area contributed by atoms with Crippen molar-refractivity contribution in [3.63, 3.8) is 0 Å². The lowest BCUT2D eigenvalue weighted by molar-refractivity contribution is 0.0303. The Morgan fingerprint density at radius 2 is 1.69 bits per heavy atom. The van der Waals surface area contributed by atoms with Crippen molar-refractivity contribution in [2.24, 2.45) is 5.73 Å². The molecule has 3 N–H and O–H groups in total. The van der Waals surface area contributed by atoms with E-state index < -0.39 is 0 Å². The van der Waals surface area contributed by atoms with Gasteiger partial charge in [0.25, 0.3) is 11.8 Å². The smallest absolute Gasteiger partial charge is 0.256 e. The minimum atomic E-state index is -0.259. The molecule has 0 aromatic heterocycles. The van der Waals surface area contributed by atoms with E-state index in [0.717, 1.165) is 5.56 Å². The van der Waals surface area contributed by atoms with Crippen molar-refractivity contribution in [2.75, 3.05) is 31.6 Å². The quantitative estimate of drug-likeness (QED) is 0.858. The Hall–Kier alpha value is -2.41. The van der Waals surface area contributed by atoms with Gasteiger partial charge in [-0.25, -0.2) is 0 Å². The molecule has 6 nitrogen and oxygen atoms in total. The van der Waals surface area contributed by atoms with Crippen LogP contribution in [0.2, 0.25) is 0 Å². The predicted octanol–water partition coefficient (Wildman–Crippen LogP) is 2.29. The summed E-state index contributed by atoms with van der Waals surface area (Å²) < 4.78 is 5.28. The zero-order valence-electron chi connectivity index (χ0n) is 14.3. The van der Waals surface area contributed by atoms with Gasteiger partial charge in [-0.3, -0.25) is 9.59 Å². The molecule has 3 rings (SSSR count). The van der Waals surface area contributed by atoms with Gasteiger partial charge in [-0.05, 0) is 29.8 Å². The maximum atomic E-state index is 12.7. The van der Waals surface area contributed by atoms with Crippen LogP contribution in [0.15, 0.2) is 48.5 Å². The van der Waals surface area contributed by atoms with Crippen molar-refractivity contribution < 1.29 is 14.3 Å². The van der Waals surface area contributed by atoms with Crippen LogP contribution in [0.4, 0.5) is 5.69 Å². The fourth-order valence-corrected chi connectivity index (χ4v) is 2.70. The SMILES string of the molecule is Cl.NCc1ccc(C(=O)Nc2ccccc2C(=O)N2CCOCC2)cc1. The van der Waals surface area contributed by atoms with Crippen LogP contribution in [-0.2, 0) is 11.3 Å². The zero-order chi connectivity index (χ0) is 17.6. The van der Waals surface area contributed by atoms with E-state index in [-0.39, 0.29) is 24.2 Å². The Bertz CT molecular complexity index is 759. The number of halogens is 1. The Balaban J connectivity index is 0.00000243. The molecule has 138 valence electrons. The highest BCUT2D eigenvalue weighted by atomic mass is 35.5. The molecule has 0 spiro atoms. The standard InChI is InChI=1S/C19H21N3O3.ClH/c20-13-14-5-7-15(8-6-14)18(23)21-17-4-2-1-3-16(17)19(24)22-9-11-25-12-10-22;/h1-8H,9-13,20H2,(H,21,23);1H. The number of para-hydroxylation sites is 1. The average molecular weight is 376 g/mol. The molecule has 1 heterocycles. The van der Waals surface area contributed by atoms with E-state index >= 15 is 0 Å². The molecule has 0 aliphatic carbocycles. The van der Waals surface area contributed by atoms with Gasteiger partial charge in [0.15, 0.2) is 0 Å². The summed E-state index contributed by atoms with van der Waals surface area (Å²) in [5.41, 5.74) is 8.04. The lowest BCUT2D eigenvalue weighted by Crippen LogP contribution is -2.41. The van der Waals surface area contributed by atoms with Crippen molar-refractivity contribution in [3.05, 3.63) is 65.2 Å². The number of morpholine rings is 1. The van der Waals surface area contributed by atoms with Crippen LogP contribution < -0.4 is 11.1 Å². The van der Waals surface area contributed by atoms with E-state index in [4.69, 9.17) is 10.5 Å². The zero-order valence-corrected chi connectivity index (χ0v) is 15.1. The number of anilines is 1. The summed E-state index contributed by atoms with van der Waals surface area (Å²) in [5.74, 6) is -0.358. The molecule has 2 amide bonds. The predicted molar refractivity (Wildman–Crippen MR) is 103 cm³/mol. The van der Waals surface area contributed by atoms with Gasteiger partial charge in [0.05, 0.1) is 24.5 Å². The van der Waals surface area contributed by atoms with Crippen molar-refractivity contribution in [3.8, 4) is 0 Å². The summed E-state index contributed by atoms with van der Waals surface area (Å²) in [6.45, 7) is 2.61. The lowest BCUT2D eigenvalue weighted by Gasteiger charge is -2.27. The summed E-state index contributed by atoms with van der Waals surface area (Å²) in [5, 5.41) is 2.84. The number of rotatable bonds is 4. The van der Waals surface area contributed by atoms with E-state index in [2.05, 4.69) is 5.32 Å². The average Bonchev–Trinajstić information content (AvgIpc) is 2.68. The topological polar surface area (TPSA) is 84.7 Å². The third-order valence-corrected chi connectivity index (χ3v) is 4.16. The van der Waals surface area contributed by atoms with Gasteiger partial charge in [0.1, 0.15) is 0 Å². The molecule has 2 aromatic carbocycles. The fraction of sp³-hybridized carbons (Fsp3) is 0.263. The summed E-state index contributed by atoms with van der Waals surface area (Å²) in [6, 6.07) is 14.1. The minimum Gasteiger partial charge on any atom is -0.378 e. The van der Waals surface area contributed by atoms with Crippen LogP contribution in [-0.4, -0.2) is 43.0 Å². The van der Waals surface area contributed by atoms with Gasteiger partial charge in [0, 0.05) is 25.2 Å². The van der Waals surface area contributed by atoms with Crippen LogP contribution in [0.5, 0.6) is 0 Å². The summed E-state index contributed by atoms with van der Waals surface area (Å²) >= 11 is 0. The molecular weight excluding hydrogens is 354 g/mol. The van der Waals surface area contributed by atoms with Gasteiger partial charge in [-0.2, -0.15) is 0 Å². The first-order chi connectivity index (χ1) is 12.2. The molecule has 2 aromatic rings. The molecule has 0 bridgehead atoms. The Labute approximate surface area is 158 Å². The second kappa shape index (κ2) is 9.33. The molecule has 1 fully saturated rings. The first-order valence-electron chi connectivity index (χ1n) is 8.25. The van der Waals surface area contributed by atoms with Gasteiger partial charge in [0.2, 0.25) is 0 Å². The summed E-state index contributed by atoms with van der Waals surface area (Å²) in [6.07, 6.45) is 0. The summed E-state index contributed by atoms with van der Waals surface area (Å²) in [7, 11) is 0. The number of hydrogen-bond acceptors (Lipinski definition) is 4. The lowest BCUT2D eigenvalue weighted by atomic mass is 10.1. The first-order valence-corrected chi connectivity index (χ1v) is 8.25. The van der Waals surface area contributed by atoms with Crippen LogP contribution in [0.25, 0.3) is 0 Å². The maximum absolute atomic E-state index is 12.7. The Kier molecular flexibility index (Phi) is 7.15. The third kappa shape index (κ3) is 4.60. The highest BCUT2D eigenvalue weighted by molar-refractivity contribution is 6.09. The molecular formula is C19H22ClN3O3. The molecule has 0 atom stereocenters. The number of ether oxygens (including phenoxy) is 1. The molecule has 0 saturated carbocycles. The van der Waals surface area contributed by atoms with Crippen molar-refractivity contribution in [1.82, 2.24) is 4.90 Å². The molecule has 1 saturated heterocycles. The number of amides is 2. The number of nitrogens with one attached hydrogen (secondary N) is 1. The highest BCUT2D eigenvalue weighted by Gasteiger charge is 2.21. The number of nitrogens with two attached hydrogens (primary N) is 1. The maximum Gasteiger partial charge on any atom is 0.256 e. The van der Waals surface area contributed by atoms with Gasteiger partial charge in [-0.15, -0.1) is 12.4 Å². The van der Waals surface area contributed by atoms with Gasteiger partial charge >= 0.3 is 0 Å². The highest BCUT2D eigenvalue weighted by Crippen LogP contribution is 2.19. The number of benzene rings is 2. The number of nitrogens with zero attached hydrogens (tertiary/aromatic N) is 1. The molecule has 7 heteroatoms. The Morgan fingerprint density at radius 1 is 1.04 bits per heavy atom. The molecule has 1 aliphatic heterocycles. The number of carbonyl (C=O) groups is 2. The number of carbonyl (C=O) groups excluding carboxylic acids is 2. The van der Waals surface area contributed by atoms with E-state index in [0.29, 0.717) is 49.7 Å². The molecule has 0 unspecified atom stereocenters. The molecule has 26 heavy (non-hydrogen) atoms. The van der Waals surface area contributed by atoms with Crippen LogP contribution in [0, 0.1) is 0 Å². The molecule has 0 radical (unpaired) electrons. The van der Waals surface area contributed by atoms with Crippen molar-refractivity contribution >= 4 is 29.9 Å². The molecule has 1 aliphatic rings. The normalized spacial score (nSPS) is 13.7. The Morgan fingerprint density at radius 3 is 2.35 bits per heavy atom. The van der Waals surface area contributed by atoms with Crippen LogP contribution >= 0.6 is 12.4 Å². The minimum absolute atomic E-state index is 0. The van der Waals surface area contributed by atoms with Crippen molar-refractivity contribution in [1.29, 1.82) is 0 Å². The first kappa shape index (κ1) is 19.9. The summed E-state index contributed by atoms with van der Waals surface area (Å²) in [4.78, 5) is 26.9. The monoisotopic (exact) mass is 375 g/mol. The van der Waals surface area contributed by atoms with Crippen LogP contribution in [0.3, 0.4) is 0 Å². The van der Waals surface area contributed by atoms with Gasteiger partial charge in [-0.1, -0.05) is 24.3 Å². The largest absolute Gasteiger partial charge is 0.378 e. The van der Waals surface area contributed by atoms with E-state index in [1.807, 2.05) is 12.1 Å². The fourth-order valence-electron chi connectivity index (χ4n) is 2.70. The second-order valence-electron chi connectivity index (χ2n) is 5.81. The number of hydrogen-bond donors (Lipinski definition) is 2.